The van der Waals surface area contributed by atoms with Crippen molar-refractivity contribution < 1.29 is 9.21 Å². The third kappa shape index (κ3) is 4.01. The lowest BCUT2D eigenvalue weighted by Gasteiger charge is -2.37. The molecule has 0 bridgehead atoms. The van der Waals surface area contributed by atoms with E-state index >= 15 is 0 Å². The molecule has 8 heteroatoms. The average molecular weight is 358 g/mol. The van der Waals surface area contributed by atoms with Gasteiger partial charge < -0.3 is 15.1 Å². The summed E-state index contributed by atoms with van der Waals surface area (Å²) in [5, 5.41) is 8.36. The van der Waals surface area contributed by atoms with Gasteiger partial charge in [-0.1, -0.05) is 13.8 Å². The number of aromatic nitrogens is 3. The van der Waals surface area contributed by atoms with E-state index in [0.29, 0.717) is 29.1 Å². The number of hydrogen-bond acceptors (Lipinski definition) is 7. The van der Waals surface area contributed by atoms with Gasteiger partial charge in [-0.3, -0.25) is 9.69 Å². The second-order valence-corrected chi connectivity index (χ2v) is 7.07. The van der Waals surface area contributed by atoms with Crippen LogP contribution in [0.4, 0.5) is 5.82 Å². The molecule has 0 aliphatic carbocycles. The summed E-state index contributed by atoms with van der Waals surface area (Å²) < 4.78 is 5.82. The number of nitrogens with zero attached hydrogens (tertiary/aromatic N) is 5. The van der Waals surface area contributed by atoms with E-state index in [1.54, 1.807) is 18.3 Å². The standard InChI is InChI=1S/C18H26N6O2/c1-12(2)11-15-21-22-18(26-15)13(3)23-7-9-24(10-8-23)17-14(16(19)25)5-4-6-20-17/h4-6,12-13H,7-11H2,1-3H3,(H2,19,25). The van der Waals surface area contributed by atoms with Crippen molar-refractivity contribution in [3.63, 3.8) is 0 Å². The van der Waals surface area contributed by atoms with E-state index < -0.39 is 5.91 Å². The van der Waals surface area contributed by atoms with Crippen molar-refractivity contribution in [1.29, 1.82) is 0 Å². The van der Waals surface area contributed by atoms with E-state index in [9.17, 15) is 4.79 Å². The van der Waals surface area contributed by atoms with Gasteiger partial charge in [0, 0.05) is 38.8 Å². The highest BCUT2D eigenvalue weighted by molar-refractivity contribution is 5.97. The highest BCUT2D eigenvalue weighted by atomic mass is 16.4. The van der Waals surface area contributed by atoms with Crippen molar-refractivity contribution in [2.75, 3.05) is 31.1 Å². The largest absolute Gasteiger partial charge is 0.424 e. The SMILES string of the molecule is CC(C)Cc1nnc(C(C)N2CCN(c3ncccc3C(N)=O)CC2)o1. The second-order valence-electron chi connectivity index (χ2n) is 7.07. The van der Waals surface area contributed by atoms with Crippen LogP contribution in [0.15, 0.2) is 22.7 Å². The number of carbonyl (C=O) groups is 1. The molecule has 0 saturated carbocycles. The number of hydrogen-bond donors (Lipinski definition) is 1. The first-order valence-electron chi connectivity index (χ1n) is 9.01. The molecule has 26 heavy (non-hydrogen) atoms. The van der Waals surface area contributed by atoms with Crippen molar-refractivity contribution in [1.82, 2.24) is 20.1 Å². The van der Waals surface area contributed by atoms with E-state index in [-0.39, 0.29) is 6.04 Å². The Morgan fingerprint density at radius 2 is 1.96 bits per heavy atom. The molecule has 8 nitrogen and oxygen atoms in total. The van der Waals surface area contributed by atoms with Gasteiger partial charge in [0.1, 0.15) is 5.82 Å². The molecule has 0 radical (unpaired) electrons. The summed E-state index contributed by atoms with van der Waals surface area (Å²) in [6, 6.07) is 3.51. The molecule has 1 unspecified atom stereocenters. The Kier molecular flexibility index (Phi) is 5.51. The average Bonchev–Trinajstić information content (AvgIpc) is 3.09. The predicted molar refractivity (Wildman–Crippen MR) is 97.8 cm³/mol. The first kappa shape index (κ1) is 18.3. The fraction of sp³-hybridized carbons (Fsp3) is 0.556. The fourth-order valence-electron chi connectivity index (χ4n) is 3.19. The summed E-state index contributed by atoms with van der Waals surface area (Å²) in [5.41, 5.74) is 5.93. The van der Waals surface area contributed by atoms with E-state index in [4.69, 9.17) is 10.2 Å². The number of primary amides is 1. The smallest absolute Gasteiger partial charge is 0.252 e. The van der Waals surface area contributed by atoms with E-state index in [2.05, 4.69) is 45.8 Å². The minimum absolute atomic E-state index is 0.0601. The molecule has 0 spiro atoms. The number of nitrogens with two attached hydrogens (primary N) is 1. The summed E-state index contributed by atoms with van der Waals surface area (Å²) in [7, 11) is 0. The van der Waals surface area contributed by atoms with Crippen LogP contribution < -0.4 is 10.6 Å². The maximum atomic E-state index is 11.6. The van der Waals surface area contributed by atoms with Gasteiger partial charge in [-0.15, -0.1) is 10.2 Å². The Morgan fingerprint density at radius 1 is 1.23 bits per heavy atom. The van der Waals surface area contributed by atoms with Gasteiger partial charge in [0.05, 0.1) is 11.6 Å². The van der Waals surface area contributed by atoms with Crippen LogP contribution in [0.1, 0.15) is 49.0 Å². The van der Waals surface area contributed by atoms with Crippen molar-refractivity contribution >= 4 is 11.7 Å². The first-order valence-corrected chi connectivity index (χ1v) is 9.01. The second kappa shape index (κ2) is 7.82. The molecule has 1 saturated heterocycles. The lowest BCUT2D eigenvalue weighted by molar-refractivity contribution is 0.1000. The molecule has 1 aliphatic heterocycles. The predicted octanol–water partition coefficient (Wildman–Crippen LogP) is 1.65. The van der Waals surface area contributed by atoms with Gasteiger partial charge >= 0.3 is 0 Å². The summed E-state index contributed by atoms with van der Waals surface area (Å²) in [6.45, 7) is 9.49. The van der Waals surface area contributed by atoms with Gasteiger partial charge in [0.2, 0.25) is 11.8 Å². The van der Waals surface area contributed by atoms with E-state index in [0.717, 1.165) is 32.6 Å². The fourth-order valence-corrected chi connectivity index (χ4v) is 3.19. The summed E-state index contributed by atoms with van der Waals surface area (Å²) in [5.74, 6) is 2.04. The van der Waals surface area contributed by atoms with Crippen LogP contribution in [-0.4, -0.2) is 52.2 Å². The molecular weight excluding hydrogens is 332 g/mol. The topological polar surface area (TPSA) is 101 Å². The summed E-state index contributed by atoms with van der Waals surface area (Å²) >= 11 is 0. The Bertz CT molecular complexity index is 752. The maximum Gasteiger partial charge on any atom is 0.252 e. The molecule has 1 fully saturated rings. The van der Waals surface area contributed by atoms with Gasteiger partial charge in [-0.05, 0) is 25.0 Å². The van der Waals surface area contributed by atoms with Crippen molar-refractivity contribution in [2.45, 2.75) is 33.2 Å². The van der Waals surface area contributed by atoms with E-state index in [1.165, 1.54) is 0 Å². The molecule has 0 aromatic carbocycles. The minimum atomic E-state index is -0.451. The lowest BCUT2D eigenvalue weighted by atomic mass is 10.1. The molecule has 1 amide bonds. The van der Waals surface area contributed by atoms with Crippen LogP contribution in [0, 0.1) is 5.92 Å². The first-order chi connectivity index (χ1) is 12.5. The molecule has 1 aliphatic rings. The molecule has 3 heterocycles. The molecule has 2 aromatic rings. The Balaban J connectivity index is 1.63. The Hall–Kier alpha value is -2.48. The minimum Gasteiger partial charge on any atom is -0.424 e. The number of amides is 1. The van der Waals surface area contributed by atoms with Crippen LogP contribution >= 0.6 is 0 Å². The number of pyridine rings is 1. The van der Waals surface area contributed by atoms with Gasteiger partial charge in [0.15, 0.2) is 0 Å². The number of piperazine rings is 1. The molecule has 140 valence electrons. The molecule has 2 N–H and O–H groups in total. The normalized spacial score (nSPS) is 16.8. The number of rotatable bonds is 6. The van der Waals surface area contributed by atoms with Gasteiger partial charge in [0.25, 0.3) is 5.91 Å². The maximum absolute atomic E-state index is 11.6. The summed E-state index contributed by atoms with van der Waals surface area (Å²) in [4.78, 5) is 20.4. The van der Waals surface area contributed by atoms with Crippen LogP contribution in [-0.2, 0) is 6.42 Å². The Morgan fingerprint density at radius 3 is 2.62 bits per heavy atom. The molecule has 1 atom stereocenters. The van der Waals surface area contributed by atoms with Crippen LogP contribution in [0.2, 0.25) is 0 Å². The number of anilines is 1. The quantitative estimate of drug-likeness (QED) is 0.837. The van der Waals surface area contributed by atoms with Crippen molar-refractivity contribution in [3.05, 3.63) is 35.7 Å². The van der Waals surface area contributed by atoms with Crippen LogP contribution in [0.25, 0.3) is 0 Å². The Labute approximate surface area is 153 Å². The van der Waals surface area contributed by atoms with Crippen molar-refractivity contribution in [2.24, 2.45) is 11.7 Å². The molecular formula is C18H26N6O2. The summed E-state index contributed by atoms with van der Waals surface area (Å²) in [6.07, 6.45) is 2.48. The van der Waals surface area contributed by atoms with Crippen LogP contribution in [0.3, 0.4) is 0 Å². The zero-order valence-electron chi connectivity index (χ0n) is 15.6. The van der Waals surface area contributed by atoms with Gasteiger partial charge in [-0.25, -0.2) is 4.98 Å². The third-order valence-corrected chi connectivity index (χ3v) is 4.64. The lowest BCUT2D eigenvalue weighted by Crippen LogP contribution is -2.48. The highest BCUT2D eigenvalue weighted by Gasteiger charge is 2.27. The number of carbonyl (C=O) groups excluding carboxylic acids is 1. The van der Waals surface area contributed by atoms with E-state index in [1.807, 2.05) is 0 Å². The third-order valence-electron chi connectivity index (χ3n) is 4.64. The molecule has 3 rings (SSSR count). The monoisotopic (exact) mass is 358 g/mol. The molecule has 2 aromatic heterocycles. The zero-order chi connectivity index (χ0) is 18.7. The van der Waals surface area contributed by atoms with Gasteiger partial charge in [-0.2, -0.15) is 0 Å². The van der Waals surface area contributed by atoms with Crippen LogP contribution in [0.5, 0.6) is 0 Å². The highest BCUT2D eigenvalue weighted by Crippen LogP contribution is 2.24. The zero-order valence-corrected chi connectivity index (χ0v) is 15.6. The van der Waals surface area contributed by atoms with Crippen molar-refractivity contribution in [3.8, 4) is 0 Å².